The minimum atomic E-state index is -0.205. The van der Waals surface area contributed by atoms with E-state index in [1.54, 1.807) is 0 Å². The van der Waals surface area contributed by atoms with Crippen molar-refractivity contribution in [1.82, 2.24) is 20.3 Å². The standard InChI is InChI=1S/C16H26N4O2/c1-12-14(13(2)22-18-12)10-19-6-8-20(9-7-19)15(21)16(3)4-5-17-11-16/h17H,4-11H2,1-3H3/t16-/m0/s1. The fraction of sp³-hybridized carbons (Fsp3) is 0.750. The van der Waals surface area contributed by atoms with Gasteiger partial charge in [-0.1, -0.05) is 5.16 Å². The van der Waals surface area contributed by atoms with E-state index in [-0.39, 0.29) is 5.41 Å². The molecule has 0 aromatic carbocycles. The number of aromatic nitrogens is 1. The monoisotopic (exact) mass is 306 g/mol. The van der Waals surface area contributed by atoms with Crippen molar-refractivity contribution in [3.05, 3.63) is 17.0 Å². The number of nitrogens with zero attached hydrogens (tertiary/aromatic N) is 3. The zero-order chi connectivity index (χ0) is 15.7. The van der Waals surface area contributed by atoms with Gasteiger partial charge in [-0.2, -0.15) is 0 Å². The van der Waals surface area contributed by atoms with E-state index in [1.807, 2.05) is 18.7 Å². The summed E-state index contributed by atoms with van der Waals surface area (Å²) in [5.41, 5.74) is 1.95. The van der Waals surface area contributed by atoms with Crippen LogP contribution in [0.4, 0.5) is 0 Å². The van der Waals surface area contributed by atoms with Crippen LogP contribution in [0, 0.1) is 19.3 Å². The molecule has 2 aliphatic rings. The molecular formula is C16H26N4O2. The number of nitrogens with one attached hydrogen (secondary N) is 1. The van der Waals surface area contributed by atoms with Crippen LogP contribution in [0.25, 0.3) is 0 Å². The van der Waals surface area contributed by atoms with Crippen molar-refractivity contribution in [3.8, 4) is 0 Å². The first-order chi connectivity index (χ1) is 10.5. The van der Waals surface area contributed by atoms with Crippen molar-refractivity contribution in [2.75, 3.05) is 39.3 Å². The largest absolute Gasteiger partial charge is 0.361 e. The molecule has 1 N–H and O–H groups in total. The van der Waals surface area contributed by atoms with Gasteiger partial charge >= 0.3 is 0 Å². The van der Waals surface area contributed by atoms with Crippen molar-refractivity contribution < 1.29 is 9.32 Å². The third kappa shape index (κ3) is 2.90. The summed E-state index contributed by atoms with van der Waals surface area (Å²) < 4.78 is 5.23. The molecule has 6 nitrogen and oxygen atoms in total. The van der Waals surface area contributed by atoms with Crippen molar-refractivity contribution in [3.63, 3.8) is 0 Å². The highest BCUT2D eigenvalue weighted by atomic mass is 16.5. The molecule has 1 aromatic heterocycles. The first-order valence-corrected chi connectivity index (χ1v) is 8.14. The van der Waals surface area contributed by atoms with Crippen LogP contribution in [0.5, 0.6) is 0 Å². The van der Waals surface area contributed by atoms with Gasteiger partial charge in [-0.25, -0.2) is 0 Å². The van der Waals surface area contributed by atoms with Gasteiger partial charge in [0, 0.05) is 44.8 Å². The van der Waals surface area contributed by atoms with Crippen LogP contribution in [0.15, 0.2) is 4.52 Å². The van der Waals surface area contributed by atoms with E-state index in [2.05, 4.69) is 22.3 Å². The Bertz CT molecular complexity index is 521. The van der Waals surface area contributed by atoms with Gasteiger partial charge in [-0.15, -0.1) is 0 Å². The Labute approximate surface area is 131 Å². The Hall–Kier alpha value is -1.40. The van der Waals surface area contributed by atoms with Gasteiger partial charge in [0.1, 0.15) is 5.76 Å². The number of carbonyl (C=O) groups excluding carboxylic acids is 1. The van der Waals surface area contributed by atoms with E-state index >= 15 is 0 Å². The van der Waals surface area contributed by atoms with Crippen molar-refractivity contribution in [2.45, 2.75) is 33.7 Å². The molecule has 6 heteroatoms. The Morgan fingerprint density at radius 1 is 1.32 bits per heavy atom. The summed E-state index contributed by atoms with van der Waals surface area (Å²) >= 11 is 0. The molecule has 1 aromatic rings. The number of amides is 1. The van der Waals surface area contributed by atoms with E-state index < -0.39 is 0 Å². The number of aryl methyl sites for hydroxylation is 2. The fourth-order valence-corrected chi connectivity index (χ4v) is 3.44. The molecule has 0 radical (unpaired) electrons. The van der Waals surface area contributed by atoms with Crippen LogP contribution >= 0.6 is 0 Å². The van der Waals surface area contributed by atoms with Crippen LogP contribution in [0.1, 0.15) is 30.4 Å². The summed E-state index contributed by atoms with van der Waals surface area (Å²) in [6, 6.07) is 0. The normalized spacial score (nSPS) is 26.6. The van der Waals surface area contributed by atoms with E-state index in [1.165, 1.54) is 5.56 Å². The van der Waals surface area contributed by atoms with Crippen LogP contribution in [0.2, 0.25) is 0 Å². The predicted molar refractivity (Wildman–Crippen MR) is 83.4 cm³/mol. The Balaban J connectivity index is 1.55. The summed E-state index contributed by atoms with van der Waals surface area (Å²) in [5.74, 6) is 1.22. The van der Waals surface area contributed by atoms with Crippen molar-refractivity contribution in [1.29, 1.82) is 0 Å². The SMILES string of the molecule is Cc1noc(C)c1CN1CCN(C(=O)[C@@]2(C)CCNC2)CC1. The first kappa shape index (κ1) is 15.5. The van der Waals surface area contributed by atoms with Gasteiger partial charge in [-0.05, 0) is 33.7 Å². The summed E-state index contributed by atoms with van der Waals surface area (Å²) in [4.78, 5) is 17.1. The van der Waals surface area contributed by atoms with Crippen LogP contribution in [0.3, 0.4) is 0 Å². The molecule has 122 valence electrons. The van der Waals surface area contributed by atoms with Crippen LogP contribution < -0.4 is 5.32 Å². The summed E-state index contributed by atoms with van der Waals surface area (Å²) in [5, 5.41) is 7.32. The molecule has 1 atom stereocenters. The van der Waals surface area contributed by atoms with Crippen LogP contribution in [-0.4, -0.2) is 60.1 Å². The van der Waals surface area contributed by atoms with E-state index in [0.29, 0.717) is 5.91 Å². The second-order valence-electron chi connectivity index (χ2n) is 6.86. The topological polar surface area (TPSA) is 61.6 Å². The maximum atomic E-state index is 12.7. The quantitative estimate of drug-likeness (QED) is 0.900. The number of hydrogen-bond acceptors (Lipinski definition) is 5. The lowest BCUT2D eigenvalue weighted by Gasteiger charge is -2.38. The molecule has 2 aliphatic heterocycles. The molecule has 1 amide bonds. The predicted octanol–water partition coefficient (Wildman–Crippen LogP) is 0.935. The Morgan fingerprint density at radius 2 is 2.05 bits per heavy atom. The second kappa shape index (κ2) is 6.01. The number of carbonyl (C=O) groups is 1. The number of rotatable bonds is 3. The molecule has 0 aliphatic carbocycles. The zero-order valence-corrected chi connectivity index (χ0v) is 13.8. The van der Waals surface area contributed by atoms with Crippen LogP contribution in [-0.2, 0) is 11.3 Å². The minimum Gasteiger partial charge on any atom is -0.361 e. The molecule has 0 bridgehead atoms. The maximum Gasteiger partial charge on any atom is 0.229 e. The highest BCUT2D eigenvalue weighted by Gasteiger charge is 2.39. The van der Waals surface area contributed by atoms with E-state index in [0.717, 1.165) is 63.7 Å². The van der Waals surface area contributed by atoms with Gasteiger partial charge in [-0.3, -0.25) is 9.69 Å². The Kier molecular flexibility index (Phi) is 4.23. The van der Waals surface area contributed by atoms with E-state index in [9.17, 15) is 4.79 Å². The average Bonchev–Trinajstić information content (AvgIpc) is 3.09. The summed E-state index contributed by atoms with van der Waals surface area (Å²) in [6.07, 6.45) is 0.950. The maximum absolute atomic E-state index is 12.7. The molecule has 0 saturated carbocycles. The molecule has 0 unspecified atom stereocenters. The highest BCUT2D eigenvalue weighted by Crippen LogP contribution is 2.28. The molecule has 2 saturated heterocycles. The van der Waals surface area contributed by atoms with Gasteiger partial charge in [0.05, 0.1) is 11.1 Å². The lowest BCUT2D eigenvalue weighted by atomic mass is 9.88. The van der Waals surface area contributed by atoms with Crippen molar-refractivity contribution >= 4 is 5.91 Å². The minimum absolute atomic E-state index is 0.205. The molecule has 3 heterocycles. The third-order valence-corrected chi connectivity index (χ3v) is 5.11. The lowest BCUT2D eigenvalue weighted by molar-refractivity contribution is -0.142. The van der Waals surface area contributed by atoms with Gasteiger partial charge in [0.25, 0.3) is 0 Å². The number of hydrogen-bond donors (Lipinski definition) is 1. The Morgan fingerprint density at radius 3 is 2.59 bits per heavy atom. The zero-order valence-electron chi connectivity index (χ0n) is 13.8. The summed E-state index contributed by atoms with van der Waals surface area (Å²) in [7, 11) is 0. The molecule has 3 rings (SSSR count). The van der Waals surface area contributed by atoms with E-state index in [4.69, 9.17) is 4.52 Å². The first-order valence-electron chi connectivity index (χ1n) is 8.14. The average molecular weight is 306 g/mol. The molecule has 2 fully saturated rings. The highest BCUT2D eigenvalue weighted by molar-refractivity contribution is 5.83. The smallest absolute Gasteiger partial charge is 0.229 e. The molecular weight excluding hydrogens is 280 g/mol. The lowest BCUT2D eigenvalue weighted by Crippen LogP contribution is -2.52. The van der Waals surface area contributed by atoms with Gasteiger partial charge < -0.3 is 14.7 Å². The molecule has 22 heavy (non-hydrogen) atoms. The third-order valence-electron chi connectivity index (χ3n) is 5.11. The van der Waals surface area contributed by atoms with Gasteiger partial charge in [0.2, 0.25) is 5.91 Å². The fourth-order valence-electron chi connectivity index (χ4n) is 3.44. The van der Waals surface area contributed by atoms with Crippen molar-refractivity contribution in [2.24, 2.45) is 5.41 Å². The summed E-state index contributed by atoms with van der Waals surface area (Å²) in [6.45, 7) is 12.1. The number of piperazine rings is 1. The molecule has 0 spiro atoms. The second-order valence-corrected chi connectivity index (χ2v) is 6.86. The van der Waals surface area contributed by atoms with Gasteiger partial charge in [0.15, 0.2) is 0 Å².